The Morgan fingerprint density at radius 3 is 2.25 bits per heavy atom. The smallest absolute Gasteiger partial charge is 0.407 e. The van der Waals surface area contributed by atoms with Crippen LogP contribution in [-0.4, -0.2) is 55.2 Å². The molecule has 0 bridgehead atoms. The Balaban J connectivity index is 2.15. The van der Waals surface area contributed by atoms with Gasteiger partial charge < -0.3 is 24.6 Å². The molecule has 2 N–H and O–H groups in total. The number of alkyl carbamates (subject to hydrolysis) is 1. The third-order valence-corrected chi connectivity index (χ3v) is 5.51. The Morgan fingerprint density at radius 2 is 1.64 bits per heavy atom. The number of aliphatic hydroxyl groups is 1. The number of hydrogen-bond donors (Lipinski definition) is 2. The number of esters is 1. The van der Waals surface area contributed by atoms with E-state index in [1.165, 1.54) is 0 Å². The van der Waals surface area contributed by atoms with Crippen LogP contribution in [0.5, 0.6) is 0 Å². The van der Waals surface area contributed by atoms with E-state index in [0.717, 1.165) is 16.7 Å². The van der Waals surface area contributed by atoms with Gasteiger partial charge in [0, 0.05) is 25.9 Å². The van der Waals surface area contributed by atoms with E-state index in [-0.39, 0.29) is 25.2 Å². The molecule has 0 aliphatic rings. The summed E-state index contributed by atoms with van der Waals surface area (Å²) in [7, 11) is 0. The first-order valence-corrected chi connectivity index (χ1v) is 12.7. The molecule has 0 aromatic heterocycles. The number of amides is 1. The number of rotatable bonds is 14. The maximum absolute atomic E-state index is 12.7. The highest BCUT2D eigenvalue weighted by atomic mass is 16.6. The molecule has 0 saturated heterocycles. The van der Waals surface area contributed by atoms with E-state index in [0.29, 0.717) is 38.9 Å². The van der Waals surface area contributed by atoms with Gasteiger partial charge in [0.2, 0.25) is 0 Å². The van der Waals surface area contributed by atoms with Crippen molar-refractivity contribution in [3.63, 3.8) is 0 Å². The van der Waals surface area contributed by atoms with E-state index < -0.39 is 17.6 Å². The highest BCUT2D eigenvalue weighted by molar-refractivity contribution is 5.73. The van der Waals surface area contributed by atoms with Crippen LogP contribution in [0.3, 0.4) is 0 Å². The summed E-state index contributed by atoms with van der Waals surface area (Å²) in [6.07, 6.45) is 1.42. The van der Waals surface area contributed by atoms with Crippen molar-refractivity contribution in [3.8, 4) is 11.1 Å². The molecule has 2 aromatic carbocycles. The maximum atomic E-state index is 12.7. The van der Waals surface area contributed by atoms with Crippen LogP contribution in [0.1, 0.15) is 52.5 Å². The number of carbonyl (C=O) groups excluding carboxylic acids is 2. The maximum Gasteiger partial charge on any atom is 0.407 e. The van der Waals surface area contributed by atoms with Crippen molar-refractivity contribution >= 4 is 12.1 Å². The zero-order valence-electron chi connectivity index (χ0n) is 22.0. The van der Waals surface area contributed by atoms with Crippen molar-refractivity contribution < 1.29 is 28.9 Å². The zero-order valence-corrected chi connectivity index (χ0v) is 22.0. The van der Waals surface area contributed by atoms with Crippen LogP contribution in [0.4, 0.5) is 4.79 Å². The monoisotopic (exact) mass is 499 g/mol. The third kappa shape index (κ3) is 11.2. The van der Waals surface area contributed by atoms with Crippen molar-refractivity contribution in [1.29, 1.82) is 0 Å². The molecule has 0 aliphatic carbocycles. The lowest BCUT2D eigenvalue weighted by molar-refractivity contribution is -0.149. The fourth-order valence-electron chi connectivity index (χ4n) is 3.85. The van der Waals surface area contributed by atoms with Crippen molar-refractivity contribution in [2.24, 2.45) is 5.92 Å². The number of aliphatic hydroxyl groups excluding tert-OH is 1. The topological polar surface area (TPSA) is 94.1 Å². The van der Waals surface area contributed by atoms with Gasteiger partial charge in [-0.1, -0.05) is 54.6 Å². The van der Waals surface area contributed by atoms with Gasteiger partial charge in [-0.25, -0.2) is 4.79 Å². The number of hydrogen-bond acceptors (Lipinski definition) is 6. The van der Waals surface area contributed by atoms with E-state index in [2.05, 4.69) is 29.6 Å². The average molecular weight is 500 g/mol. The van der Waals surface area contributed by atoms with E-state index in [1.807, 2.05) is 51.1 Å². The largest absolute Gasteiger partial charge is 0.466 e. The number of benzene rings is 2. The molecular formula is C29H41NO6. The summed E-state index contributed by atoms with van der Waals surface area (Å²) in [5.74, 6) is -0.749. The van der Waals surface area contributed by atoms with Crippen LogP contribution in [0.2, 0.25) is 0 Å². The van der Waals surface area contributed by atoms with Crippen molar-refractivity contribution in [2.75, 3.05) is 26.4 Å². The Morgan fingerprint density at radius 1 is 0.972 bits per heavy atom. The normalized spacial score (nSPS) is 13.0. The second-order valence-corrected chi connectivity index (χ2v) is 9.77. The van der Waals surface area contributed by atoms with Gasteiger partial charge in [-0.3, -0.25) is 4.79 Å². The summed E-state index contributed by atoms with van der Waals surface area (Å²) in [5.41, 5.74) is 2.65. The first kappa shape index (κ1) is 29.3. The first-order valence-electron chi connectivity index (χ1n) is 12.7. The zero-order chi connectivity index (χ0) is 26.4. The molecule has 198 valence electrons. The minimum Gasteiger partial charge on any atom is -0.466 e. The fraction of sp³-hybridized carbons (Fsp3) is 0.517. The van der Waals surface area contributed by atoms with Crippen molar-refractivity contribution in [3.05, 3.63) is 60.2 Å². The molecule has 36 heavy (non-hydrogen) atoms. The van der Waals surface area contributed by atoms with Crippen molar-refractivity contribution in [2.45, 2.75) is 65.0 Å². The SMILES string of the molecule is CCOC(=O)[C@H](CCOCCCO)C[C@@H](Cc1ccc(-c2ccccc2)cc1)NC(=O)OC(C)(C)C. The summed E-state index contributed by atoms with van der Waals surface area (Å²) in [4.78, 5) is 25.3. The molecule has 7 heteroatoms. The van der Waals surface area contributed by atoms with E-state index >= 15 is 0 Å². The lowest BCUT2D eigenvalue weighted by atomic mass is 9.92. The molecule has 2 aromatic rings. The molecule has 0 radical (unpaired) electrons. The molecule has 0 unspecified atom stereocenters. The van der Waals surface area contributed by atoms with Gasteiger partial charge in [-0.05, 0) is 70.1 Å². The average Bonchev–Trinajstić information content (AvgIpc) is 2.83. The molecule has 0 aliphatic heterocycles. The number of carbonyl (C=O) groups is 2. The Bertz CT molecular complexity index is 908. The van der Waals surface area contributed by atoms with Gasteiger partial charge in [0.15, 0.2) is 0 Å². The van der Waals surface area contributed by atoms with Gasteiger partial charge in [0.1, 0.15) is 5.60 Å². The minimum atomic E-state index is -0.632. The molecule has 0 saturated carbocycles. The lowest BCUT2D eigenvalue weighted by Gasteiger charge is -2.26. The minimum absolute atomic E-state index is 0.0618. The lowest BCUT2D eigenvalue weighted by Crippen LogP contribution is -2.42. The molecule has 7 nitrogen and oxygen atoms in total. The third-order valence-electron chi connectivity index (χ3n) is 5.51. The standard InChI is InChI=1S/C29H41NO6/c1-5-35-27(32)25(16-19-34-18-9-17-31)21-26(30-28(33)36-29(2,3)4)20-22-12-14-24(15-13-22)23-10-7-6-8-11-23/h6-8,10-15,25-26,31H,5,9,16-21H2,1-4H3,(H,30,33)/t25-,26-/m1/s1. The van der Waals surface area contributed by atoms with Gasteiger partial charge >= 0.3 is 12.1 Å². The van der Waals surface area contributed by atoms with Crippen LogP contribution in [0.15, 0.2) is 54.6 Å². The van der Waals surface area contributed by atoms with Gasteiger partial charge in [0.25, 0.3) is 0 Å². The summed E-state index contributed by atoms with van der Waals surface area (Å²) >= 11 is 0. The molecule has 2 rings (SSSR count). The molecular weight excluding hydrogens is 458 g/mol. The molecule has 0 fully saturated rings. The summed E-state index contributed by atoms with van der Waals surface area (Å²) in [6, 6.07) is 18.0. The van der Waals surface area contributed by atoms with Crippen LogP contribution in [0, 0.1) is 5.92 Å². The highest BCUT2D eigenvalue weighted by Gasteiger charge is 2.27. The Kier molecular flexibility index (Phi) is 12.4. The van der Waals surface area contributed by atoms with Crippen LogP contribution >= 0.6 is 0 Å². The summed E-state index contributed by atoms with van der Waals surface area (Å²) in [6.45, 7) is 8.36. The van der Waals surface area contributed by atoms with E-state index in [1.54, 1.807) is 6.92 Å². The Labute approximate surface area is 215 Å². The van der Waals surface area contributed by atoms with Crippen LogP contribution in [-0.2, 0) is 25.4 Å². The van der Waals surface area contributed by atoms with Gasteiger partial charge in [-0.15, -0.1) is 0 Å². The second kappa shape index (κ2) is 15.3. The summed E-state index contributed by atoms with van der Waals surface area (Å²) < 4.78 is 16.3. The highest BCUT2D eigenvalue weighted by Crippen LogP contribution is 2.22. The number of ether oxygens (including phenoxy) is 3. The first-order chi connectivity index (χ1) is 17.2. The Hall–Kier alpha value is -2.90. The fourth-order valence-corrected chi connectivity index (χ4v) is 3.85. The van der Waals surface area contributed by atoms with Crippen molar-refractivity contribution in [1.82, 2.24) is 5.32 Å². The van der Waals surface area contributed by atoms with Crippen LogP contribution < -0.4 is 5.32 Å². The van der Waals surface area contributed by atoms with Crippen LogP contribution in [0.25, 0.3) is 11.1 Å². The molecule has 2 atom stereocenters. The summed E-state index contributed by atoms with van der Waals surface area (Å²) in [5, 5.41) is 11.9. The molecule has 0 heterocycles. The van der Waals surface area contributed by atoms with E-state index in [4.69, 9.17) is 19.3 Å². The molecule has 1 amide bonds. The van der Waals surface area contributed by atoms with E-state index in [9.17, 15) is 9.59 Å². The predicted molar refractivity (Wildman–Crippen MR) is 141 cm³/mol. The molecule has 0 spiro atoms. The quantitative estimate of drug-likeness (QED) is 0.276. The second-order valence-electron chi connectivity index (χ2n) is 9.77. The number of nitrogens with one attached hydrogen (secondary N) is 1. The van der Waals surface area contributed by atoms with Gasteiger partial charge in [0.05, 0.1) is 12.5 Å². The predicted octanol–water partition coefficient (Wildman–Crippen LogP) is 5.15. The van der Waals surface area contributed by atoms with Gasteiger partial charge in [-0.2, -0.15) is 0 Å².